The van der Waals surface area contributed by atoms with E-state index in [4.69, 9.17) is 10.2 Å². The Labute approximate surface area is 131 Å². The predicted octanol–water partition coefficient (Wildman–Crippen LogP) is 1.90. The minimum absolute atomic E-state index is 0.000739. The molecule has 1 amide bonds. The van der Waals surface area contributed by atoms with Gasteiger partial charge in [0, 0.05) is 11.4 Å². The number of hydrogen-bond donors (Lipinski definition) is 1. The number of nitrogens with two attached hydrogens (primary N) is 1. The molecule has 2 rings (SSSR count). The highest BCUT2D eigenvalue weighted by molar-refractivity contribution is 7.99. The van der Waals surface area contributed by atoms with Crippen molar-refractivity contribution in [3.63, 3.8) is 0 Å². The number of thioether (sulfide) groups is 1. The van der Waals surface area contributed by atoms with Crippen LogP contribution in [0.2, 0.25) is 0 Å². The number of hydrogen-bond acceptors (Lipinski definition) is 7. The number of amides is 1. The van der Waals surface area contributed by atoms with E-state index >= 15 is 0 Å². The molecule has 21 heavy (non-hydrogen) atoms. The lowest BCUT2D eigenvalue weighted by atomic mass is 10.4. The average molecular weight is 324 g/mol. The molecule has 0 saturated carbocycles. The molecule has 0 bridgehead atoms. The highest BCUT2D eigenvalue weighted by atomic mass is 32.2. The summed E-state index contributed by atoms with van der Waals surface area (Å²) in [6, 6.07) is 3.98. The van der Waals surface area contributed by atoms with Crippen LogP contribution < -0.4 is 5.73 Å². The molecule has 2 heterocycles. The van der Waals surface area contributed by atoms with Crippen LogP contribution in [0.1, 0.15) is 10.8 Å². The fourth-order valence-electron chi connectivity index (χ4n) is 1.59. The van der Waals surface area contributed by atoms with Gasteiger partial charge in [-0.3, -0.25) is 4.79 Å². The van der Waals surface area contributed by atoms with Crippen molar-refractivity contribution in [3.05, 3.63) is 40.9 Å². The van der Waals surface area contributed by atoms with Crippen LogP contribution in [0.5, 0.6) is 0 Å². The zero-order valence-corrected chi connectivity index (χ0v) is 13.0. The maximum Gasteiger partial charge on any atom is 0.277 e. The highest BCUT2D eigenvalue weighted by Gasteiger charge is 2.15. The van der Waals surface area contributed by atoms with Crippen molar-refractivity contribution in [2.45, 2.75) is 18.3 Å². The molecule has 0 aliphatic carbocycles. The van der Waals surface area contributed by atoms with Crippen molar-refractivity contribution in [1.29, 1.82) is 0 Å². The average Bonchev–Trinajstić information content (AvgIpc) is 3.15. The maximum atomic E-state index is 12.3. The van der Waals surface area contributed by atoms with Gasteiger partial charge >= 0.3 is 0 Å². The highest BCUT2D eigenvalue weighted by Crippen LogP contribution is 2.18. The first-order valence-corrected chi connectivity index (χ1v) is 8.15. The second kappa shape index (κ2) is 7.96. The molecule has 2 N–H and O–H groups in total. The Morgan fingerprint density at radius 1 is 1.57 bits per heavy atom. The van der Waals surface area contributed by atoms with Crippen molar-refractivity contribution < 1.29 is 9.21 Å². The third-order valence-corrected chi connectivity index (χ3v) is 4.24. The molecule has 0 aliphatic heterocycles. The molecule has 0 saturated heterocycles. The van der Waals surface area contributed by atoms with Crippen molar-refractivity contribution in [1.82, 2.24) is 15.1 Å². The van der Waals surface area contributed by atoms with Gasteiger partial charge in [0.15, 0.2) is 0 Å². The SMILES string of the molecule is C=CCN(Cc1cccs1)C(=O)CSc1nnc(CN)o1. The normalized spacial score (nSPS) is 10.5. The third-order valence-electron chi connectivity index (χ3n) is 2.57. The topological polar surface area (TPSA) is 85.2 Å². The monoisotopic (exact) mass is 324 g/mol. The molecule has 0 aromatic carbocycles. The summed E-state index contributed by atoms with van der Waals surface area (Å²) >= 11 is 2.84. The summed E-state index contributed by atoms with van der Waals surface area (Å²) in [6.07, 6.45) is 1.72. The van der Waals surface area contributed by atoms with E-state index in [9.17, 15) is 4.79 Å². The van der Waals surface area contributed by atoms with Gasteiger partial charge < -0.3 is 15.1 Å². The Morgan fingerprint density at radius 3 is 3.05 bits per heavy atom. The van der Waals surface area contributed by atoms with Gasteiger partial charge in [-0.05, 0) is 11.4 Å². The zero-order chi connectivity index (χ0) is 15.1. The first kappa shape index (κ1) is 15.7. The largest absolute Gasteiger partial charge is 0.415 e. The molecular formula is C13H16N4O2S2. The summed E-state index contributed by atoms with van der Waals surface area (Å²) in [5.74, 6) is 0.609. The van der Waals surface area contributed by atoms with Crippen molar-refractivity contribution in [2.75, 3.05) is 12.3 Å². The van der Waals surface area contributed by atoms with E-state index in [-0.39, 0.29) is 18.2 Å². The minimum atomic E-state index is 0.000739. The lowest BCUT2D eigenvalue weighted by molar-refractivity contribution is -0.128. The standard InChI is InChI=1S/C13H16N4O2S2/c1-2-5-17(8-10-4-3-6-20-10)12(18)9-21-13-16-15-11(7-14)19-13/h2-4,6H,1,5,7-9,14H2. The van der Waals surface area contributed by atoms with Gasteiger partial charge in [-0.25, -0.2) is 0 Å². The Morgan fingerprint density at radius 2 is 2.43 bits per heavy atom. The molecule has 0 unspecified atom stereocenters. The predicted molar refractivity (Wildman–Crippen MR) is 82.8 cm³/mol. The fraction of sp³-hybridized carbons (Fsp3) is 0.308. The van der Waals surface area contributed by atoms with E-state index in [1.165, 1.54) is 11.8 Å². The third kappa shape index (κ3) is 4.69. The zero-order valence-electron chi connectivity index (χ0n) is 11.4. The van der Waals surface area contributed by atoms with Crippen LogP contribution in [-0.2, 0) is 17.9 Å². The van der Waals surface area contributed by atoms with Gasteiger partial charge in [-0.1, -0.05) is 23.9 Å². The van der Waals surface area contributed by atoms with Crippen molar-refractivity contribution in [2.24, 2.45) is 5.73 Å². The molecular weight excluding hydrogens is 308 g/mol. The summed E-state index contributed by atoms with van der Waals surface area (Å²) in [6.45, 7) is 4.98. The lowest BCUT2D eigenvalue weighted by Gasteiger charge is -2.19. The molecule has 0 spiro atoms. The number of carbonyl (C=O) groups is 1. The van der Waals surface area contributed by atoms with E-state index in [0.717, 1.165) is 4.88 Å². The molecule has 6 nitrogen and oxygen atoms in total. The fourth-order valence-corrected chi connectivity index (χ4v) is 3.00. The van der Waals surface area contributed by atoms with E-state index in [1.54, 1.807) is 22.3 Å². The Kier molecular flexibility index (Phi) is 5.97. The lowest BCUT2D eigenvalue weighted by Crippen LogP contribution is -2.31. The van der Waals surface area contributed by atoms with Crippen LogP contribution in [-0.4, -0.2) is 33.3 Å². The summed E-state index contributed by atoms with van der Waals surface area (Å²) in [7, 11) is 0. The maximum absolute atomic E-state index is 12.3. The molecule has 0 atom stereocenters. The quantitative estimate of drug-likeness (QED) is 0.589. The number of carbonyl (C=O) groups excluding carboxylic acids is 1. The van der Waals surface area contributed by atoms with E-state index in [1.807, 2.05) is 17.5 Å². The number of aromatic nitrogens is 2. The molecule has 8 heteroatoms. The van der Waals surface area contributed by atoms with Gasteiger partial charge in [0.2, 0.25) is 11.8 Å². The van der Waals surface area contributed by atoms with Gasteiger partial charge in [-0.15, -0.1) is 28.1 Å². The van der Waals surface area contributed by atoms with Gasteiger partial charge in [0.25, 0.3) is 5.22 Å². The van der Waals surface area contributed by atoms with Gasteiger partial charge in [-0.2, -0.15) is 0 Å². The number of thiophene rings is 1. The van der Waals surface area contributed by atoms with Crippen LogP contribution in [0.25, 0.3) is 0 Å². The van der Waals surface area contributed by atoms with E-state index in [2.05, 4.69) is 16.8 Å². The van der Waals surface area contributed by atoms with E-state index < -0.39 is 0 Å². The second-order valence-corrected chi connectivity index (χ2v) is 6.06. The first-order chi connectivity index (χ1) is 10.2. The van der Waals surface area contributed by atoms with Gasteiger partial charge in [0.05, 0.1) is 18.8 Å². The van der Waals surface area contributed by atoms with Crippen LogP contribution in [0.15, 0.2) is 39.8 Å². The van der Waals surface area contributed by atoms with Crippen molar-refractivity contribution in [3.8, 4) is 0 Å². The van der Waals surface area contributed by atoms with Crippen molar-refractivity contribution >= 4 is 29.0 Å². The van der Waals surface area contributed by atoms with Crippen LogP contribution in [0, 0.1) is 0 Å². The van der Waals surface area contributed by atoms with Crippen LogP contribution >= 0.6 is 23.1 Å². The Balaban J connectivity index is 1.90. The van der Waals surface area contributed by atoms with Crippen LogP contribution in [0.4, 0.5) is 0 Å². The summed E-state index contributed by atoms with van der Waals surface area (Å²) in [4.78, 5) is 15.1. The second-order valence-electron chi connectivity index (χ2n) is 4.10. The minimum Gasteiger partial charge on any atom is -0.415 e. The number of rotatable bonds is 8. The van der Waals surface area contributed by atoms with Crippen LogP contribution in [0.3, 0.4) is 0 Å². The first-order valence-electron chi connectivity index (χ1n) is 6.29. The smallest absolute Gasteiger partial charge is 0.277 e. The molecule has 2 aromatic heterocycles. The van der Waals surface area contributed by atoms with Gasteiger partial charge in [0.1, 0.15) is 0 Å². The molecule has 112 valence electrons. The molecule has 0 radical (unpaired) electrons. The number of nitrogens with zero attached hydrogens (tertiary/aromatic N) is 3. The molecule has 2 aromatic rings. The molecule has 0 aliphatic rings. The Bertz CT molecular complexity index is 583. The van der Waals surface area contributed by atoms with E-state index in [0.29, 0.717) is 24.2 Å². The summed E-state index contributed by atoms with van der Waals surface area (Å²) in [5.41, 5.74) is 5.39. The Hall–Kier alpha value is -1.64. The summed E-state index contributed by atoms with van der Waals surface area (Å²) in [5, 5.41) is 9.92. The molecule has 0 fully saturated rings. The summed E-state index contributed by atoms with van der Waals surface area (Å²) < 4.78 is 5.26.